The first-order valence-corrected chi connectivity index (χ1v) is 15.6. The third-order valence-electron chi connectivity index (χ3n) is 8.18. The molecule has 3 aromatic rings. The van der Waals surface area contributed by atoms with Gasteiger partial charge in [-0.3, -0.25) is 14.4 Å². The highest BCUT2D eigenvalue weighted by Gasteiger charge is 2.43. The summed E-state index contributed by atoms with van der Waals surface area (Å²) in [6.07, 6.45) is 3.58. The number of nitriles is 1. The molecule has 0 saturated carbocycles. The first-order valence-electron chi connectivity index (χ1n) is 14.0. The molecule has 1 aliphatic heterocycles. The van der Waals surface area contributed by atoms with Crippen LogP contribution in [0.3, 0.4) is 0 Å². The number of sulfonamides is 1. The highest BCUT2D eigenvalue weighted by Crippen LogP contribution is 2.50. The summed E-state index contributed by atoms with van der Waals surface area (Å²) in [6, 6.07) is 21.8. The number of anilines is 2. The smallest absolute Gasteiger partial charge is 0.255 e. The van der Waals surface area contributed by atoms with Crippen molar-refractivity contribution >= 4 is 38.9 Å². The van der Waals surface area contributed by atoms with Gasteiger partial charge < -0.3 is 10.2 Å². The fourth-order valence-corrected chi connectivity index (χ4v) is 6.72. The summed E-state index contributed by atoms with van der Waals surface area (Å²) in [7, 11) is -3.84. The second-order valence-electron chi connectivity index (χ2n) is 10.8. The summed E-state index contributed by atoms with van der Waals surface area (Å²) >= 11 is 0. The number of rotatable bonds is 5. The molecule has 3 aliphatic rings. The number of nitrogens with zero attached hydrogens (tertiary/aromatic N) is 2. The quantitative estimate of drug-likeness (QED) is 0.420. The van der Waals surface area contributed by atoms with E-state index in [-0.39, 0.29) is 22.4 Å². The molecule has 0 bridgehead atoms. The second-order valence-corrected chi connectivity index (χ2v) is 12.4. The minimum Gasteiger partial charge on any atom is -0.322 e. The van der Waals surface area contributed by atoms with Crippen molar-refractivity contribution in [2.45, 2.75) is 49.3 Å². The van der Waals surface area contributed by atoms with E-state index in [1.807, 2.05) is 29.2 Å². The van der Waals surface area contributed by atoms with Crippen LogP contribution < -0.4 is 15.4 Å². The highest BCUT2D eigenvalue weighted by molar-refractivity contribution is 7.89. The zero-order chi connectivity index (χ0) is 30.3. The van der Waals surface area contributed by atoms with Gasteiger partial charge in [-0.15, -0.1) is 0 Å². The molecular formula is C33H28N4O5S. The van der Waals surface area contributed by atoms with E-state index >= 15 is 0 Å². The lowest BCUT2D eigenvalue weighted by Gasteiger charge is -2.44. The van der Waals surface area contributed by atoms with Gasteiger partial charge >= 0.3 is 0 Å². The lowest BCUT2D eigenvalue weighted by Crippen LogP contribution is -2.39. The summed E-state index contributed by atoms with van der Waals surface area (Å²) < 4.78 is 23.0. The second kappa shape index (κ2) is 11.1. The topological polar surface area (TPSA) is 150 Å². The van der Waals surface area contributed by atoms with Crippen molar-refractivity contribution in [2.24, 2.45) is 5.14 Å². The molecular weight excluding hydrogens is 564 g/mol. The van der Waals surface area contributed by atoms with Crippen molar-refractivity contribution in [1.82, 2.24) is 0 Å². The van der Waals surface area contributed by atoms with Gasteiger partial charge in [-0.25, -0.2) is 13.6 Å². The van der Waals surface area contributed by atoms with Gasteiger partial charge in [-0.05, 0) is 91.9 Å². The number of carbonyl (C=O) groups excluding carboxylic acids is 3. The van der Waals surface area contributed by atoms with E-state index < -0.39 is 15.9 Å². The molecule has 1 heterocycles. The van der Waals surface area contributed by atoms with Crippen molar-refractivity contribution < 1.29 is 22.8 Å². The highest BCUT2D eigenvalue weighted by atomic mass is 32.2. The normalized spacial score (nSPS) is 17.3. The van der Waals surface area contributed by atoms with Crippen LogP contribution in [0, 0.1) is 11.3 Å². The van der Waals surface area contributed by atoms with Crippen molar-refractivity contribution in [3.63, 3.8) is 0 Å². The molecule has 0 radical (unpaired) electrons. The summed E-state index contributed by atoms with van der Waals surface area (Å²) in [5.41, 5.74) is 5.93. The van der Waals surface area contributed by atoms with Gasteiger partial charge in [0.2, 0.25) is 10.0 Å². The molecule has 0 spiro atoms. The Labute approximate surface area is 249 Å². The van der Waals surface area contributed by atoms with Gasteiger partial charge in [0.05, 0.1) is 16.5 Å². The lowest BCUT2D eigenvalue weighted by atomic mass is 9.70. The number of amides is 1. The van der Waals surface area contributed by atoms with Crippen LogP contribution in [0.1, 0.15) is 65.9 Å². The number of carbonyl (C=O) groups is 3. The number of ketones is 2. The maximum Gasteiger partial charge on any atom is 0.255 e. The van der Waals surface area contributed by atoms with Gasteiger partial charge in [0.25, 0.3) is 5.91 Å². The molecule has 9 nitrogen and oxygen atoms in total. The number of Topliss-reactive ketones (excluding diaryl/α,β-unsaturated/α-hetero) is 2. The molecule has 0 aromatic heterocycles. The van der Waals surface area contributed by atoms with E-state index in [1.165, 1.54) is 24.3 Å². The number of nitrogens with one attached hydrogen (secondary N) is 1. The number of hydrogen-bond donors (Lipinski definition) is 2. The van der Waals surface area contributed by atoms with Gasteiger partial charge in [-0.2, -0.15) is 5.26 Å². The van der Waals surface area contributed by atoms with Crippen LogP contribution in [0.15, 0.2) is 100 Å². The Morgan fingerprint density at radius 3 is 1.88 bits per heavy atom. The Balaban J connectivity index is 1.36. The average molecular weight is 593 g/mol. The van der Waals surface area contributed by atoms with Crippen LogP contribution in [-0.2, 0) is 19.6 Å². The number of hydrogen-bond acceptors (Lipinski definition) is 7. The Morgan fingerprint density at radius 2 is 1.37 bits per heavy atom. The van der Waals surface area contributed by atoms with Gasteiger partial charge in [0.15, 0.2) is 11.6 Å². The van der Waals surface area contributed by atoms with Crippen LogP contribution in [0.25, 0.3) is 0 Å². The Morgan fingerprint density at radius 1 is 0.814 bits per heavy atom. The Hall–Kier alpha value is -4.85. The molecule has 6 rings (SSSR count). The summed E-state index contributed by atoms with van der Waals surface area (Å²) in [5.74, 6) is -0.805. The van der Waals surface area contributed by atoms with Crippen molar-refractivity contribution in [1.29, 1.82) is 5.26 Å². The zero-order valence-electron chi connectivity index (χ0n) is 23.2. The zero-order valence-corrected chi connectivity index (χ0v) is 24.0. The summed E-state index contributed by atoms with van der Waals surface area (Å²) in [5, 5.41) is 17.2. The molecule has 0 atom stereocenters. The van der Waals surface area contributed by atoms with Crippen LogP contribution in [0.2, 0.25) is 0 Å². The standard InChI is InChI=1S/C33H28N4O5S/c34-19-20-7-9-21(10-8-20)30-31-26(3-1-5-28(31)38)37(27-4-2-6-29(39)32(27)30)24-15-11-22(12-16-24)33(40)36-23-13-17-25(18-14-23)43(35,41)42/h7-18,30H,1-6H2,(H,36,40)(H2,35,41,42). The van der Waals surface area contributed by atoms with Gasteiger partial charge in [0.1, 0.15) is 0 Å². The molecule has 216 valence electrons. The monoisotopic (exact) mass is 592 g/mol. The van der Waals surface area contributed by atoms with Crippen LogP contribution >= 0.6 is 0 Å². The maximum absolute atomic E-state index is 13.5. The molecule has 0 fully saturated rings. The van der Waals surface area contributed by atoms with Crippen molar-refractivity contribution in [2.75, 3.05) is 10.2 Å². The van der Waals surface area contributed by atoms with E-state index in [0.717, 1.165) is 22.6 Å². The van der Waals surface area contributed by atoms with E-state index in [9.17, 15) is 28.1 Å². The van der Waals surface area contributed by atoms with Gasteiger partial charge in [0, 0.05) is 58.2 Å². The van der Waals surface area contributed by atoms with Crippen LogP contribution in [-0.4, -0.2) is 25.9 Å². The van der Waals surface area contributed by atoms with E-state index in [2.05, 4.69) is 11.4 Å². The van der Waals surface area contributed by atoms with Crippen LogP contribution in [0.5, 0.6) is 0 Å². The Bertz CT molecular complexity index is 1820. The van der Waals surface area contributed by atoms with Gasteiger partial charge in [-0.1, -0.05) is 12.1 Å². The molecule has 3 aromatic carbocycles. The first-order chi connectivity index (χ1) is 20.7. The summed E-state index contributed by atoms with van der Waals surface area (Å²) in [4.78, 5) is 42.0. The predicted octanol–water partition coefficient (Wildman–Crippen LogP) is 5.08. The minimum absolute atomic E-state index is 0.0231. The van der Waals surface area contributed by atoms with E-state index in [0.29, 0.717) is 66.5 Å². The number of allylic oxidation sites excluding steroid dienone is 4. The number of benzene rings is 3. The molecule has 3 N–H and O–H groups in total. The van der Waals surface area contributed by atoms with E-state index in [1.54, 1.807) is 24.3 Å². The molecule has 0 unspecified atom stereocenters. The number of primary sulfonamides is 1. The third kappa shape index (κ3) is 5.29. The average Bonchev–Trinajstić information content (AvgIpc) is 3.00. The fraction of sp³-hybridized carbons (Fsp3) is 0.212. The van der Waals surface area contributed by atoms with Crippen LogP contribution in [0.4, 0.5) is 11.4 Å². The molecule has 10 heteroatoms. The lowest BCUT2D eigenvalue weighted by molar-refractivity contribution is -0.116. The SMILES string of the molecule is N#Cc1ccc(C2C3=C(CCCC3=O)N(c3ccc(C(=O)Nc4ccc(S(N)(=O)=O)cc4)cc3)C3=C2C(=O)CCC3)cc1. The molecule has 43 heavy (non-hydrogen) atoms. The first kappa shape index (κ1) is 28.3. The minimum atomic E-state index is -3.84. The molecule has 2 aliphatic carbocycles. The maximum atomic E-state index is 13.5. The van der Waals surface area contributed by atoms with Crippen molar-refractivity contribution in [3.05, 3.63) is 112 Å². The van der Waals surface area contributed by atoms with E-state index in [4.69, 9.17) is 5.14 Å². The fourth-order valence-electron chi connectivity index (χ4n) is 6.21. The molecule has 1 amide bonds. The third-order valence-corrected chi connectivity index (χ3v) is 9.11. The van der Waals surface area contributed by atoms with Crippen molar-refractivity contribution in [3.8, 4) is 6.07 Å². The summed E-state index contributed by atoms with van der Waals surface area (Å²) in [6.45, 7) is 0. The molecule has 0 saturated heterocycles. The Kier molecular flexibility index (Phi) is 7.30. The predicted molar refractivity (Wildman–Crippen MR) is 160 cm³/mol. The number of nitrogens with two attached hydrogens (primary N) is 1. The largest absolute Gasteiger partial charge is 0.322 e.